The number of hydrogen-bond donors (Lipinski definition) is 3. The van der Waals surface area contributed by atoms with E-state index in [-0.39, 0.29) is 41.5 Å². The van der Waals surface area contributed by atoms with E-state index >= 15 is 0 Å². The van der Waals surface area contributed by atoms with E-state index < -0.39 is 17.9 Å². The van der Waals surface area contributed by atoms with Gasteiger partial charge < -0.3 is 15.2 Å². The van der Waals surface area contributed by atoms with Crippen LogP contribution >= 0.6 is 12.6 Å². The van der Waals surface area contributed by atoms with E-state index in [0.29, 0.717) is 29.5 Å². The average Bonchev–Trinajstić information content (AvgIpc) is 3.12. The summed E-state index contributed by atoms with van der Waals surface area (Å²) < 4.78 is 5.94. The van der Waals surface area contributed by atoms with Crippen molar-refractivity contribution in [1.29, 1.82) is 0 Å². The lowest BCUT2D eigenvalue weighted by Crippen LogP contribution is -2.54. The number of ether oxygens (including phenoxy) is 1. The molecule has 4 aliphatic carbocycles. The molecule has 4 aliphatic rings. The van der Waals surface area contributed by atoms with Gasteiger partial charge in [0.25, 0.3) is 0 Å². The quantitative estimate of drug-likeness (QED) is 0.368. The minimum Gasteiger partial charge on any atom is -0.480 e. The first-order chi connectivity index (χ1) is 16.1. The number of esters is 1. The van der Waals surface area contributed by atoms with Gasteiger partial charge in [-0.2, -0.15) is 12.6 Å². The van der Waals surface area contributed by atoms with E-state index in [1.165, 1.54) is 6.42 Å². The molecular formula is C26H39NO6S. The van der Waals surface area contributed by atoms with Crippen molar-refractivity contribution < 1.29 is 29.0 Å². The van der Waals surface area contributed by atoms with Crippen LogP contribution in [0.3, 0.4) is 0 Å². The standard InChI is InChI=1S/C26H39NO6S/c1-25-11-9-16(28)13-15(25)3-4-17-18-5-6-21(26(18,2)12-10-19(17)25)33-23(30)8-7-22(29)27-20(14-34)24(31)32/h15,17-21,34H,3-14H2,1-2H3,(H,27,29)(H,31,32)/t15-,17-,18+,19-,20+,21+,25-,26-/m0/s1. The number of ketones is 1. The largest absolute Gasteiger partial charge is 0.480 e. The van der Waals surface area contributed by atoms with Crippen LogP contribution in [0.1, 0.15) is 84.5 Å². The Balaban J connectivity index is 1.34. The number of rotatable bonds is 7. The minimum absolute atomic E-state index is 0.00834. The molecule has 0 saturated heterocycles. The maximum absolute atomic E-state index is 12.6. The molecule has 4 rings (SSSR count). The lowest BCUT2D eigenvalue weighted by atomic mass is 9.45. The number of hydrogen-bond acceptors (Lipinski definition) is 6. The summed E-state index contributed by atoms with van der Waals surface area (Å²) in [4.78, 5) is 47.8. The lowest BCUT2D eigenvalue weighted by molar-refractivity contribution is -0.164. The number of fused-ring (bicyclic) bond motifs is 5. The topological polar surface area (TPSA) is 110 Å². The molecule has 4 fully saturated rings. The molecular weight excluding hydrogens is 454 g/mol. The number of carboxylic acid groups (broad SMARTS) is 1. The summed E-state index contributed by atoms with van der Waals surface area (Å²) in [5, 5.41) is 11.4. The highest BCUT2D eigenvalue weighted by atomic mass is 32.1. The summed E-state index contributed by atoms with van der Waals surface area (Å²) in [7, 11) is 0. The van der Waals surface area contributed by atoms with Gasteiger partial charge >= 0.3 is 11.9 Å². The molecule has 8 heteroatoms. The lowest BCUT2D eigenvalue weighted by Gasteiger charge is -2.60. The normalized spacial score (nSPS) is 39.9. The SMILES string of the molecule is C[C@]12CC[C@H]3[C@@H](CC[C@H]4CC(=O)CC[C@@]43C)[C@H]1CC[C@H]2OC(=O)CCC(=O)N[C@H](CS)C(=O)O. The highest BCUT2D eigenvalue weighted by Crippen LogP contribution is 2.66. The molecule has 0 heterocycles. The monoisotopic (exact) mass is 493 g/mol. The Morgan fingerprint density at radius 2 is 1.79 bits per heavy atom. The average molecular weight is 494 g/mol. The molecule has 190 valence electrons. The third-order valence-electron chi connectivity index (χ3n) is 10.0. The first-order valence-corrected chi connectivity index (χ1v) is 13.6. The fraction of sp³-hybridized carbons (Fsp3) is 0.846. The van der Waals surface area contributed by atoms with Gasteiger partial charge in [0.2, 0.25) is 5.91 Å². The first-order valence-electron chi connectivity index (χ1n) is 12.9. The van der Waals surface area contributed by atoms with Gasteiger partial charge in [0, 0.05) is 30.4 Å². The number of amides is 1. The number of carbonyl (C=O) groups is 4. The zero-order valence-electron chi connectivity index (χ0n) is 20.4. The summed E-state index contributed by atoms with van der Waals surface area (Å²) in [6, 6.07) is -1.06. The second-order valence-corrected chi connectivity index (χ2v) is 12.0. The van der Waals surface area contributed by atoms with Crippen LogP contribution in [0, 0.1) is 34.5 Å². The molecule has 7 nitrogen and oxygen atoms in total. The Hall–Kier alpha value is -1.57. The van der Waals surface area contributed by atoms with Gasteiger partial charge in [0.15, 0.2) is 0 Å². The van der Waals surface area contributed by atoms with Crippen LogP contribution in [-0.4, -0.2) is 46.6 Å². The summed E-state index contributed by atoms with van der Waals surface area (Å²) in [6.45, 7) is 4.72. The molecule has 0 radical (unpaired) electrons. The summed E-state index contributed by atoms with van der Waals surface area (Å²) in [5.74, 6) is 0.779. The first kappa shape index (κ1) is 25.5. The van der Waals surface area contributed by atoms with Gasteiger partial charge in [-0.3, -0.25) is 14.4 Å². The van der Waals surface area contributed by atoms with Gasteiger partial charge in [-0.25, -0.2) is 4.79 Å². The van der Waals surface area contributed by atoms with E-state index in [1.54, 1.807) is 0 Å². The van der Waals surface area contributed by atoms with Crippen LogP contribution in [0.2, 0.25) is 0 Å². The predicted octanol–water partition coefficient (Wildman–Crippen LogP) is 3.79. The molecule has 0 aromatic rings. The second kappa shape index (κ2) is 9.82. The minimum atomic E-state index is -1.14. The predicted molar refractivity (Wildman–Crippen MR) is 129 cm³/mol. The fourth-order valence-corrected chi connectivity index (χ4v) is 8.32. The third-order valence-corrected chi connectivity index (χ3v) is 10.4. The van der Waals surface area contributed by atoms with Crippen molar-refractivity contribution in [2.75, 3.05) is 5.75 Å². The smallest absolute Gasteiger partial charge is 0.327 e. The van der Waals surface area contributed by atoms with Crippen molar-refractivity contribution in [2.45, 2.75) is 96.6 Å². The Morgan fingerprint density at radius 1 is 1.06 bits per heavy atom. The van der Waals surface area contributed by atoms with Crippen molar-refractivity contribution in [2.24, 2.45) is 34.5 Å². The van der Waals surface area contributed by atoms with E-state index in [9.17, 15) is 19.2 Å². The van der Waals surface area contributed by atoms with Gasteiger partial charge in [-0.15, -0.1) is 0 Å². The van der Waals surface area contributed by atoms with Gasteiger partial charge in [0.05, 0.1) is 6.42 Å². The van der Waals surface area contributed by atoms with E-state index in [1.807, 2.05) is 0 Å². The molecule has 0 bridgehead atoms. The Morgan fingerprint density at radius 3 is 2.50 bits per heavy atom. The number of Topliss-reactive ketones (excluding diaryl/α,β-unsaturated/α-hetero) is 1. The maximum atomic E-state index is 12.6. The van der Waals surface area contributed by atoms with Crippen molar-refractivity contribution >= 4 is 36.3 Å². The molecule has 0 aromatic carbocycles. The molecule has 0 spiro atoms. The van der Waals surface area contributed by atoms with Crippen molar-refractivity contribution in [3.05, 3.63) is 0 Å². The number of nitrogens with one attached hydrogen (secondary N) is 1. The molecule has 1 amide bonds. The number of aliphatic carboxylic acids is 1. The molecule has 34 heavy (non-hydrogen) atoms. The van der Waals surface area contributed by atoms with Crippen LogP contribution in [0.15, 0.2) is 0 Å². The van der Waals surface area contributed by atoms with Crippen LogP contribution in [0.4, 0.5) is 0 Å². The van der Waals surface area contributed by atoms with Crippen LogP contribution in [-0.2, 0) is 23.9 Å². The van der Waals surface area contributed by atoms with Crippen molar-refractivity contribution in [1.82, 2.24) is 5.32 Å². The summed E-state index contributed by atoms with van der Waals surface area (Å²) in [6.07, 6.45) is 8.66. The van der Waals surface area contributed by atoms with Crippen molar-refractivity contribution in [3.8, 4) is 0 Å². The van der Waals surface area contributed by atoms with Gasteiger partial charge in [-0.1, -0.05) is 13.8 Å². The highest BCUT2D eigenvalue weighted by molar-refractivity contribution is 7.80. The Labute approximate surface area is 207 Å². The molecule has 0 aliphatic heterocycles. The van der Waals surface area contributed by atoms with E-state index in [0.717, 1.165) is 51.4 Å². The highest BCUT2D eigenvalue weighted by Gasteiger charge is 2.61. The van der Waals surface area contributed by atoms with Crippen LogP contribution < -0.4 is 5.32 Å². The van der Waals surface area contributed by atoms with Crippen LogP contribution in [0.25, 0.3) is 0 Å². The number of thiol groups is 1. The molecule has 0 aromatic heterocycles. The van der Waals surface area contributed by atoms with Gasteiger partial charge in [-0.05, 0) is 74.0 Å². The number of carboxylic acids is 1. The maximum Gasteiger partial charge on any atom is 0.327 e. The van der Waals surface area contributed by atoms with E-state index in [2.05, 4.69) is 31.8 Å². The molecule has 0 unspecified atom stereocenters. The summed E-state index contributed by atoms with van der Waals surface area (Å²) in [5.41, 5.74) is 0.230. The zero-order chi connectivity index (χ0) is 24.7. The molecule has 4 saturated carbocycles. The number of carbonyl (C=O) groups excluding carboxylic acids is 3. The summed E-state index contributed by atoms with van der Waals surface area (Å²) >= 11 is 3.93. The molecule has 2 N–H and O–H groups in total. The Bertz CT molecular complexity index is 847. The molecule has 8 atom stereocenters. The van der Waals surface area contributed by atoms with E-state index in [4.69, 9.17) is 9.84 Å². The Kier molecular flexibility index (Phi) is 7.37. The van der Waals surface area contributed by atoms with Crippen LogP contribution in [0.5, 0.6) is 0 Å². The van der Waals surface area contributed by atoms with Gasteiger partial charge in [0.1, 0.15) is 17.9 Å². The third kappa shape index (κ3) is 4.63. The fourth-order valence-electron chi connectivity index (χ4n) is 8.08. The van der Waals surface area contributed by atoms with Crippen molar-refractivity contribution in [3.63, 3.8) is 0 Å². The zero-order valence-corrected chi connectivity index (χ0v) is 21.3. The second-order valence-electron chi connectivity index (χ2n) is 11.6.